The maximum atomic E-state index is 12.6. The van der Waals surface area contributed by atoms with Crippen molar-refractivity contribution in [3.8, 4) is 0 Å². The van der Waals surface area contributed by atoms with Gasteiger partial charge >= 0.3 is 5.97 Å². The monoisotopic (exact) mass is 427 g/mol. The molecule has 3 heterocycles. The van der Waals surface area contributed by atoms with Gasteiger partial charge in [0.25, 0.3) is 0 Å². The fraction of sp³-hybridized carbons (Fsp3) is 0.640. The second-order valence-electron chi connectivity index (χ2n) is 9.23. The molecule has 0 saturated carbocycles. The van der Waals surface area contributed by atoms with Crippen LogP contribution in [0, 0.1) is 0 Å². The number of hydrogen-bond donors (Lipinski definition) is 0. The first-order valence-electron chi connectivity index (χ1n) is 11.7. The van der Waals surface area contributed by atoms with Crippen molar-refractivity contribution in [1.82, 2.24) is 4.90 Å². The van der Waals surface area contributed by atoms with Gasteiger partial charge in [-0.1, -0.05) is 38.1 Å². The molecule has 1 aromatic carbocycles. The van der Waals surface area contributed by atoms with E-state index in [0.29, 0.717) is 32.2 Å². The summed E-state index contributed by atoms with van der Waals surface area (Å²) < 4.78 is 23.3. The minimum atomic E-state index is -0.218. The van der Waals surface area contributed by atoms with E-state index >= 15 is 0 Å². The normalized spacial score (nSPS) is 30.3. The van der Waals surface area contributed by atoms with Crippen molar-refractivity contribution in [3.05, 3.63) is 46.5 Å². The lowest BCUT2D eigenvalue weighted by Crippen LogP contribution is -2.45. The van der Waals surface area contributed by atoms with Crippen LogP contribution < -0.4 is 0 Å². The molecule has 0 amide bonds. The molecule has 1 aliphatic carbocycles. The Morgan fingerprint density at radius 1 is 1.19 bits per heavy atom. The average Bonchev–Trinajstić information content (AvgIpc) is 3.46. The molecule has 0 unspecified atom stereocenters. The molecule has 168 valence electrons. The van der Waals surface area contributed by atoms with Gasteiger partial charge in [-0.3, -0.25) is 4.90 Å². The standard InChI is InChI=1S/C25H33NO5/c1-4-28-25(27)17-12-18(8-9-22-29-10-11-30-22)26-21(14-17)31-20-13-16-6-5-7-19(15(2)3)23(16)24(20)26/h5-7,12,15,18,20-22,24H,4,8-11,13-14H2,1-3H3/t18-,20-,21-,24-/m0/s1. The molecule has 6 heteroatoms. The molecule has 0 aromatic heterocycles. The Morgan fingerprint density at radius 2 is 2.00 bits per heavy atom. The number of benzene rings is 1. The summed E-state index contributed by atoms with van der Waals surface area (Å²) >= 11 is 0. The molecule has 1 aromatic rings. The predicted octanol–water partition coefficient (Wildman–Crippen LogP) is 3.85. The van der Waals surface area contributed by atoms with Crippen molar-refractivity contribution in [2.45, 2.75) is 83.1 Å². The lowest BCUT2D eigenvalue weighted by molar-refractivity contribution is -0.139. The highest BCUT2D eigenvalue weighted by atomic mass is 16.7. The maximum absolute atomic E-state index is 12.6. The van der Waals surface area contributed by atoms with Gasteiger partial charge in [-0.15, -0.1) is 0 Å². The van der Waals surface area contributed by atoms with E-state index in [9.17, 15) is 4.79 Å². The first kappa shape index (κ1) is 21.1. The Balaban J connectivity index is 1.47. The largest absolute Gasteiger partial charge is 0.463 e. The molecule has 0 spiro atoms. The lowest BCUT2D eigenvalue weighted by atomic mass is 9.89. The first-order valence-corrected chi connectivity index (χ1v) is 11.7. The minimum absolute atomic E-state index is 0.0899. The predicted molar refractivity (Wildman–Crippen MR) is 116 cm³/mol. The zero-order chi connectivity index (χ0) is 21.5. The van der Waals surface area contributed by atoms with E-state index in [2.05, 4.69) is 43.0 Å². The number of hydrogen-bond acceptors (Lipinski definition) is 6. The first-order chi connectivity index (χ1) is 15.1. The summed E-state index contributed by atoms with van der Waals surface area (Å²) in [6, 6.07) is 7.00. The van der Waals surface area contributed by atoms with Crippen LogP contribution >= 0.6 is 0 Å². The third-order valence-electron chi connectivity index (χ3n) is 7.00. The number of carbonyl (C=O) groups is 1. The zero-order valence-corrected chi connectivity index (χ0v) is 18.7. The van der Waals surface area contributed by atoms with Crippen LogP contribution in [0.5, 0.6) is 0 Å². The van der Waals surface area contributed by atoms with Crippen LogP contribution in [-0.2, 0) is 30.2 Å². The van der Waals surface area contributed by atoms with E-state index in [1.54, 1.807) is 0 Å². The third kappa shape index (κ3) is 3.84. The second kappa shape index (κ2) is 8.66. The van der Waals surface area contributed by atoms with Gasteiger partial charge in [0.15, 0.2) is 6.29 Å². The fourth-order valence-electron chi connectivity index (χ4n) is 5.74. The molecule has 2 fully saturated rings. The van der Waals surface area contributed by atoms with Crippen LogP contribution in [0.4, 0.5) is 0 Å². The SMILES string of the molecule is CCOC(=O)C1=C[C@H](CCC2OCCO2)N2[C@H](C1)O[C@H]1Cc3cccc(C(C)C)c3[C@H]12. The van der Waals surface area contributed by atoms with E-state index in [0.717, 1.165) is 24.8 Å². The van der Waals surface area contributed by atoms with Crippen LogP contribution in [0.2, 0.25) is 0 Å². The molecule has 0 N–H and O–H groups in total. The highest BCUT2D eigenvalue weighted by molar-refractivity contribution is 5.88. The van der Waals surface area contributed by atoms with E-state index < -0.39 is 0 Å². The summed E-state index contributed by atoms with van der Waals surface area (Å²) in [4.78, 5) is 15.1. The van der Waals surface area contributed by atoms with Crippen molar-refractivity contribution in [3.63, 3.8) is 0 Å². The number of ether oxygens (including phenoxy) is 4. The Bertz CT molecular complexity index is 859. The molecule has 31 heavy (non-hydrogen) atoms. The van der Waals surface area contributed by atoms with E-state index in [4.69, 9.17) is 18.9 Å². The average molecular weight is 428 g/mol. The molecule has 0 bridgehead atoms. The van der Waals surface area contributed by atoms with Crippen LogP contribution in [-0.4, -0.2) is 55.4 Å². The number of rotatable bonds is 6. The second-order valence-corrected chi connectivity index (χ2v) is 9.23. The summed E-state index contributed by atoms with van der Waals surface area (Å²) in [5.41, 5.74) is 4.99. The van der Waals surface area contributed by atoms with Gasteiger partial charge in [-0.25, -0.2) is 4.79 Å². The molecular formula is C25H33NO5. The highest BCUT2D eigenvalue weighted by Crippen LogP contribution is 2.51. The van der Waals surface area contributed by atoms with Crippen molar-refractivity contribution >= 4 is 5.97 Å². The Kier molecular flexibility index (Phi) is 5.90. The minimum Gasteiger partial charge on any atom is -0.463 e. The van der Waals surface area contributed by atoms with Gasteiger partial charge in [-0.2, -0.15) is 0 Å². The lowest BCUT2D eigenvalue weighted by Gasteiger charge is -2.39. The number of esters is 1. The summed E-state index contributed by atoms with van der Waals surface area (Å²) in [5, 5.41) is 0. The molecule has 4 aliphatic rings. The van der Waals surface area contributed by atoms with Crippen LogP contribution in [0.25, 0.3) is 0 Å². The number of nitrogens with zero attached hydrogens (tertiary/aromatic N) is 1. The molecule has 0 radical (unpaired) electrons. The maximum Gasteiger partial charge on any atom is 0.333 e. The van der Waals surface area contributed by atoms with E-state index in [-0.39, 0.29) is 36.7 Å². The topological polar surface area (TPSA) is 57.2 Å². The molecule has 6 nitrogen and oxygen atoms in total. The van der Waals surface area contributed by atoms with Gasteiger partial charge in [-0.05, 0) is 36.0 Å². The van der Waals surface area contributed by atoms with Crippen molar-refractivity contribution in [2.24, 2.45) is 0 Å². The molecular weight excluding hydrogens is 394 g/mol. The van der Waals surface area contributed by atoms with Gasteiger partial charge in [0.2, 0.25) is 0 Å². The van der Waals surface area contributed by atoms with Gasteiger partial charge < -0.3 is 18.9 Å². The number of carbonyl (C=O) groups excluding carboxylic acids is 1. The van der Waals surface area contributed by atoms with Gasteiger partial charge in [0, 0.05) is 30.9 Å². The van der Waals surface area contributed by atoms with Gasteiger partial charge in [0.1, 0.15) is 6.23 Å². The zero-order valence-electron chi connectivity index (χ0n) is 18.7. The summed E-state index contributed by atoms with van der Waals surface area (Å²) in [6.45, 7) is 8.07. The van der Waals surface area contributed by atoms with E-state index in [1.165, 1.54) is 16.7 Å². The summed E-state index contributed by atoms with van der Waals surface area (Å²) in [6.07, 6.45) is 5.18. The summed E-state index contributed by atoms with van der Waals surface area (Å²) in [7, 11) is 0. The quantitative estimate of drug-likeness (QED) is 0.643. The molecule has 3 aliphatic heterocycles. The molecule has 2 saturated heterocycles. The van der Waals surface area contributed by atoms with Crippen molar-refractivity contribution in [1.29, 1.82) is 0 Å². The third-order valence-corrected chi connectivity index (χ3v) is 7.00. The van der Waals surface area contributed by atoms with Crippen molar-refractivity contribution in [2.75, 3.05) is 19.8 Å². The van der Waals surface area contributed by atoms with Gasteiger partial charge in [0.05, 0.1) is 32.0 Å². The number of fused-ring (bicyclic) bond motifs is 5. The van der Waals surface area contributed by atoms with Crippen LogP contribution in [0.1, 0.15) is 68.7 Å². The Morgan fingerprint density at radius 3 is 2.74 bits per heavy atom. The van der Waals surface area contributed by atoms with Crippen LogP contribution in [0.15, 0.2) is 29.8 Å². The van der Waals surface area contributed by atoms with Crippen LogP contribution in [0.3, 0.4) is 0 Å². The van der Waals surface area contributed by atoms with E-state index in [1.807, 2.05) is 6.92 Å². The fourth-order valence-corrected chi connectivity index (χ4v) is 5.74. The smallest absolute Gasteiger partial charge is 0.333 e. The Hall–Kier alpha value is -1.73. The molecule has 4 atom stereocenters. The van der Waals surface area contributed by atoms with Crippen molar-refractivity contribution < 1.29 is 23.7 Å². The Labute approximate surface area is 184 Å². The molecule has 5 rings (SSSR count). The summed E-state index contributed by atoms with van der Waals surface area (Å²) in [5.74, 6) is 0.242. The highest BCUT2D eigenvalue weighted by Gasteiger charge is 2.52.